The Bertz CT molecular complexity index is 1140. The van der Waals surface area contributed by atoms with Crippen LogP contribution in [0.25, 0.3) is 33.5 Å². The number of ether oxygens (including phenoxy) is 2. The Morgan fingerprint density at radius 3 is 2.21 bits per heavy atom. The lowest BCUT2D eigenvalue weighted by Gasteiger charge is -2.15. The first-order valence-corrected chi connectivity index (χ1v) is 8.66. The van der Waals surface area contributed by atoms with E-state index in [1.54, 1.807) is 26.4 Å². The standard InChI is InChI=1S/C22H18N2O4/c1-27-17-11-14(12-18(28-2)19(17)13-7-4-3-5-8-13)21-23-16-10-6-9-15(22(25)26)20(16)24-21/h3-12H,1-2H3,(H,23,24)(H,25,26). The van der Waals surface area contributed by atoms with E-state index in [0.29, 0.717) is 28.4 Å². The highest BCUT2D eigenvalue weighted by Gasteiger charge is 2.18. The van der Waals surface area contributed by atoms with Crippen molar-refractivity contribution >= 4 is 17.0 Å². The summed E-state index contributed by atoms with van der Waals surface area (Å²) in [6.07, 6.45) is 0. The summed E-state index contributed by atoms with van der Waals surface area (Å²) in [6, 6.07) is 18.6. The molecule has 28 heavy (non-hydrogen) atoms. The predicted octanol–water partition coefficient (Wildman–Crippen LogP) is 4.61. The Morgan fingerprint density at radius 1 is 0.929 bits per heavy atom. The quantitative estimate of drug-likeness (QED) is 0.533. The van der Waals surface area contributed by atoms with Gasteiger partial charge >= 0.3 is 5.97 Å². The van der Waals surface area contributed by atoms with E-state index in [9.17, 15) is 9.90 Å². The number of nitrogens with zero attached hydrogens (tertiary/aromatic N) is 1. The maximum atomic E-state index is 11.5. The molecule has 0 aliphatic rings. The maximum absolute atomic E-state index is 11.5. The third-order valence-corrected chi connectivity index (χ3v) is 4.58. The molecule has 0 unspecified atom stereocenters. The molecule has 0 saturated heterocycles. The minimum absolute atomic E-state index is 0.153. The van der Waals surface area contributed by atoms with Crippen LogP contribution in [-0.4, -0.2) is 35.3 Å². The van der Waals surface area contributed by atoms with Gasteiger partial charge in [-0.25, -0.2) is 9.78 Å². The number of carboxylic acids is 1. The van der Waals surface area contributed by atoms with Crippen LogP contribution >= 0.6 is 0 Å². The number of aromatic carboxylic acids is 1. The first-order valence-electron chi connectivity index (χ1n) is 8.66. The van der Waals surface area contributed by atoms with Gasteiger partial charge in [-0.3, -0.25) is 0 Å². The SMILES string of the molecule is COc1cc(-c2nc3c(C(=O)O)cccc3[nH]2)cc(OC)c1-c1ccccc1. The fourth-order valence-electron chi connectivity index (χ4n) is 3.28. The summed E-state index contributed by atoms with van der Waals surface area (Å²) >= 11 is 0. The molecule has 0 spiro atoms. The predicted molar refractivity (Wildman–Crippen MR) is 107 cm³/mol. The van der Waals surface area contributed by atoms with Crippen LogP contribution in [0.4, 0.5) is 0 Å². The van der Waals surface area contributed by atoms with Crippen LogP contribution in [0.2, 0.25) is 0 Å². The second-order valence-electron chi connectivity index (χ2n) is 6.21. The Morgan fingerprint density at radius 2 is 1.61 bits per heavy atom. The number of imidazole rings is 1. The zero-order valence-corrected chi connectivity index (χ0v) is 15.4. The number of benzene rings is 3. The Hall–Kier alpha value is -3.80. The van der Waals surface area contributed by atoms with Crippen molar-refractivity contribution < 1.29 is 19.4 Å². The van der Waals surface area contributed by atoms with Crippen molar-refractivity contribution in [1.82, 2.24) is 9.97 Å². The van der Waals surface area contributed by atoms with E-state index in [4.69, 9.17) is 9.47 Å². The van der Waals surface area contributed by atoms with Crippen molar-refractivity contribution in [2.75, 3.05) is 14.2 Å². The van der Waals surface area contributed by atoms with Gasteiger partial charge in [-0.2, -0.15) is 0 Å². The molecule has 0 saturated carbocycles. The molecule has 1 heterocycles. The number of hydrogen-bond donors (Lipinski definition) is 2. The first-order chi connectivity index (χ1) is 13.6. The average molecular weight is 374 g/mol. The second kappa shape index (κ2) is 7.08. The summed E-state index contributed by atoms with van der Waals surface area (Å²) in [4.78, 5) is 19.2. The number of aromatic amines is 1. The van der Waals surface area contributed by atoms with Gasteiger partial charge in [0.2, 0.25) is 0 Å². The van der Waals surface area contributed by atoms with Crippen LogP contribution in [0.5, 0.6) is 11.5 Å². The highest BCUT2D eigenvalue weighted by Crippen LogP contribution is 2.41. The average Bonchev–Trinajstić information content (AvgIpc) is 3.17. The topological polar surface area (TPSA) is 84.4 Å². The van der Waals surface area contributed by atoms with E-state index in [-0.39, 0.29) is 5.56 Å². The molecule has 0 atom stereocenters. The number of methoxy groups -OCH3 is 2. The van der Waals surface area contributed by atoms with Crippen LogP contribution in [0.1, 0.15) is 10.4 Å². The van der Waals surface area contributed by atoms with Crippen LogP contribution in [0.15, 0.2) is 60.7 Å². The molecule has 0 fully saturated rings. The van der Waals surface area contributed by atoms with Gasteiger partial charge in [-0.15, -0.1) is 0 Å². The molecule has 0 radical (unpaired) electrons. The Labute approximate surface area is 161 Å². The molecule has 0 bridgehead atoms. The summed E-state index contributed by atoms with van der Waals surface area (Å²) in [5, 5.41) is 9.40. The van der Waals surface area contributed by atoms with Crippen molar-refractivity contribution in [3.8, 4) is 34.0 Å². The number of carbonyl (C=O) groups is 1. The molecule has 140 valence electrons. The smallest absolute Gasteiger partial charge is 0.337 e. The fraction of sp³-hybridized carbons (Fsp3) is 0.0909. The number of hydrogen-bond acceptors (Lipinski definition) is 4. The van der Waals surface area contributed by atoms with Gasteiger partial charge in [0.1, 0.15) is 22.8 Å². The molecule has 2 N–H and O–H groups in total. The van der Waals surface area contributed by atoms with Crippen LogP contribution in [0, 0.1) is 0 Å². The Kier molecular flexibility index (Phi) is 4.45. The molecular weight excluding hydrogens is 356 g/mol. The van der Waals surface area contributed by atoms with Gasteiger partial charge in [0, 0.05) is 5.56 Å². The van der Waals surface area contributed by atoms with E-state index < -0.39 is 5.97 Å². The van der Waals surface area contributed by atoms with Crippen molar-refractivity contribution in [3.63, 3.8) is 0 Å². The number of carboxylic acid groups (broad SMARTS) is 1. The molecule has 4 aromatic rings. The molecule has 0 aliphatic carbocycles. The lowest BCUT2D eigenvalue weighted by Crippen LogP contribution is -1.97. The zero-order chi connectivity index (χ0) is 19.7. The third kappa shape index (κ3) is 2.95. The van der Waals surface area contributed by atoms with Gasteiger partial charge in [-0.1, -0.05) is 36.4 Å². The minimum atomic E-state index is -1.02. The van der Waals surface area contributed by atoms with E-state index >= 15 is 0 Å². The molecule has 4 rings (SSSR count). The normalized spacial score (nSPS) is 10.8. The lowest BCUT2D eigenvalue weighted by atomic mass is 10.0. The van der Waals surface area contributed by atoms with Gasteiger partial charge in [0.25, 0.3) is 0 Å². The summed E-state index contributed by atoms with van der Waals surface area (Å²) in [5.74, 6) is 0.803. The van der Waals surface area contributed by atoms with Crippen LogP contribution < -0.4 is 9.47 Å². The summed E-state index contributed by atoms with van der Waals surface area (Å²) in [5.41, 5.74) is 3.77. The van der Waals surface area contributed by atoms with E-state index in [1.165, 1.54) is 6.07 Å². The van der Waals surface area contributed by atoms with Gasteiger partial charge in [-0.05, 0) is 29.8 Å². The molecule has 6 heteroatoms. The summed E-state index contributed by atoms with van der Waals surface area (Å²) in [6.45, 7) is 0. The van der Waals surface area contributed by atoms with Crippen molar-refractivity contribution in [2.45, 2.75) is 0 Å². The monoisotopic (exact) mass is 374 g/mol. The second-order valence-corrected chi connectivity index (χ2v) is 6.21. The van der Waals surface area contributed by atoms with Crippen molar-refractivity contribution in [3.05, 3.63) is 66.2 Å². The van der Waals surface area contributed by atoms with Gasteiger partial charge in [0.05, 0.1) is 30.9 Å². The van der Waals surface area contributed by atoms with E-state index in [2.05, 4.69) is 9.97 Å². The van der Waals surface area contributed by atoms with Gasteiger partial charge < -0.3 is 19.6 Å². The Balaban J connectivity index is 1.91. The summed E-state index contributed by atoms with van der Waals surface area (Å²) < 4.78 is 11.2. The van der Waals surface area contributed by atoms with Crippen molar-refractivity contribution in [2.24, 2.45) is 0 Å². The molecule has 0 amide bonds. The maximum Gasteiger partial charge on any atom is 0.337 e. The van der Waals surface area contributed by atoms with E-state index in [1.807, 2.05) is 42.5 Å². The molecule has 6 nitrogen and oxygen atoms in total. The first kappa shape index (κ1) is 17.6. The van der Waals surface area contributed by atoms with E-state index in [0.717, 1.165) is 16.7 Å². The number of nitrogens with one attached hydrogen (secondary N) is 1. The third-order valence-electron chi connectivity index (χ3n) is 4.58. The number of H-pyrrole nitrogens is 1. The largest absolute Gasteiger partial charge is 0.496 e. The molecular formula is C22H18N2O4. The highest BCUT2D eigenvalue weighted by molar-refractivity contribution is 6.01. The lowest BCUT2D eigenvalue weighted by molar-refractivity contribution is 0.0699. The zero-order valence-electron chi connectivity index (χ0n) is 15.4. The highest BCUT2D eigenvalue weighted by atomic mass is 16.5. The minimum Gasteiger partial charge on any atom is -0.496 e. The van der Waals surface area contributed by atoms with Gasteiger partial charge in [0.15, 0.2) is 0 Å². The molecule has 0 aliphatic heterocycles. The van der Waals surface area contributed by atoms with Crippen LogP contribution in [-0.2, 0) is 0 Å². The molecule has 1 aromatic heterocycles. The molecule has 3 aromatic carbocycles. The number of aromatic nitrogens is 2. The van der Waals surface area contributed by atoms with Crippen LogP contribution in [0.3, 0.4) is 0 Å². The van der Waals surface area contributed by atoms with Crippen molar-refractivity contribution in [1.29, 1.82) is 0 Å². The number of fused-ring (bicyclic) bond motifs is 1. The number of rotatable bonds is 5. The summed E-state index contributed by atoms with van der Waals surface area (Å²) in [7, 11) is 3.21. The fourth-order valence-corrected chi connectivity index (χ4v) is 3.28. The number of para-hydroxylation sites is 1.